The van der Waals surface area contributed by atoms with Crippen LogP contribution in [0.5, 0.6) is 0 Å². The minimum absolute atomic E-state index is 0.316. The minimum atomic E-state index is 0.316. The summed E-state index contributed by atoms with van der Waals surface area (Å²) in [5.41, 5.74) is 1.03. The molecule has 0 radical (unpaired) electrons. The van der Waals surface area contributed by atoms with Crippen molar-refractivity contribution in [3.05, 3.63) is 37.2 Å². The first-order chi connectivity index (χ1) is 8.93. The third-order valence-corrected chi connectivity index (χ3v) is 2.06. The highest BCUT2D eigenvalue weighted by atomic mass is 15.3. The van der Waals surface area contributed by atoms with E-state index in [1.165, 1.54) is 0 Å². The van der Waals surface area contributed by atoms with E-state index < -0.39 is 0 Å². The van der Waals surface area contributed by atoms with Crippen molar-refractivity contribution in [3.63, 3.8) is 0 Å². The van der Waals surface area contributed by atoms with Gasteiger partial charge in [-0.2, -0.15) is 0 Å². The molecule has 0 aromatic carbocycles. The van der Waals surface area contributed by atoms with E-state index in [9.17, 15) is 0 Å². The second-order valence-electron chi connectivity index (χ2n) is 3.23. The van der Waals surface area contributed by atoms with Crippen LogP contribution in [0.2, 0.25) is 0 Å². The predicted octanol–water partition coefficient (Wildman–Crippen LogP) is 0.181. The van der Waals surface area contributed by atoms with Crippen molar-refractivity contribution < 1.29 is 0 Å². The number of rotatable bonds is 2. The maximum absolute atomic E-state index is 4.06. The first-order valence-electron chi connectivity index (χ1n) is 5.03. The fourth-order valence-electron chi connectivity index (χ4n) is 1.26. The maximum atomic E-state index is 4.06. The molecular weight excluding hydrogens is 232 g/mol. The molecular formula is C10H6N8. The van der Waals surface area contributed by atoms with Crippen LogP contribution >= 0.6 is 0 Å². The van der Waals surface area contributed by atoms with Crippen LogP contribution in [0.25, 0.3) is 23.0 Å². The van der Waals surface area contributed by atoms with Crippen molar-refractivity contribution >= 4 is 0 Å². The van der Waals surface area contributed by atoms with E-state index in [0.29, 0.717) is 23.0 Å². The molecule has 0 atom stereocenters. The Hall–Kier alpha value is -2.90. The Labute approximate surface area is 101 Å². The Morgan fingerprint density at radius 3 is 1.33 bits per heavy atom. The summed E-state index contributed by atoms with van der Waals surface area (Å²) in [5.74, 6) is 0.631. The van der Waals surface area contributed by atoms with E-state index in [1.54, 1.807) is 37.2 Å². The summed E-state index contributed by atoms with van der Waals surface area (Å²) in [6, 6.07) is 0. The Morgan fingerprint density at radius 1 is 0.556 bits per heavy atom. The molecule has 0 fully saturated rings. The summed E-state index contributed by atoms with van der Waals surface area (Å²) >= 11 is 0. The fraction of sp³-hybridized carbons (Fsp3) is 0. The molecule has 0 bridgehead atoms. The van der Waals surface area contributed by atoms with E-state index in [4.69, 9.17) is 0 Å². The van der Waals surface area contributed by atoms with Gasteiger partial charge in [-0.15, -0.1) is 20.4 Å². The zero-order valence-corrected chi connectivity index (χ0v) is 9.04. The molecule has 3 rings (SSSR count). The summed E-state index contributed by atoms with van der Waals surface area (Å²) < 4.78 is 0. The molecule has 0 aliphatic rings. The first-order valence-corrected chi connectivity index (χ1v) is 5.03. The molecule has 0 spiro atoms. The lowest BCUT2D eigenvalue weighted by Crippen LogP contribution is -2.01. The fourth-order valence-corrected chi connectivity index (χ4v) is 1.26. The molecule has 3 aromatic rings. The van der Waals surface area contributed by atoms with Crippen LogP contribution in [0.1, 0.15) is 0 Å². The molecule has 8 heteroatoms. The van der Waals surface area contributed by atoms with Crippen molar-refractivity contribution in [1.82, 2.24) is 40.3 Å². The normalized spacial score (nSPS) is 10.2. The quantitative estimate of drug-likeness (QED) is 0.622. The van der Waals surface area contributed by atoms with Crippen molar-refractivity contribution in [2.75, 3.05) is 0 Å². The van der Waals surface area contributed by atoms with Gasteiger partial charge in [0.05, 0.1) is 12.4 Å². The second kappa shape index (κ2) is 4.53. The van der Waals surface area contributed by atoms with Gasteiger partial charge >= 0.3 is 0 Å². The average Bonchev–Trinajstić information content (AvgIpc) is 2.49. The van der Waals surface area contributed by atoms with Crippen LogP contribution in [-0.2, 0) is 0 Å². The second-order valence-corrected chi connectivity index (χ2v) is 3.23. The molecule has 3 aromatic heterocycles. The van der Waals surface area contributed by atoms with Gasteiger partial charge in [0.2, 0.25) is 11.6 Å². The summed E-state index contributed by atoms with van der Waals surface area (Å²) in [6.45, 7) is 0. The van der Waals surface area contributed by atoms with Gasteiger partial charge in [-0.25, -0.2) is 9.97 Å². The maximum Gasteiger partial charge on any atom is 0.223 e. The number of nitrogens with zero attached hydrogens (tertiary/aromatic N) is 8. The van der Waals surface area contributed by atoms with E-state index in [1.807, 2.05) is 0 Å². The highest BCUT2D eigenvalue weighted by Crippen LogP contribution is 2.10. The van der Waals surface area contributed by atoms with E-state index in [0.717, 1.165) is 0 Å². The van der Waals surface area contributed by atoms with Gasteiger partial charge in [0, 0.05) is 24.8 Å². The topological polar surface area (TPSA) is 103 Å². The molecule has 0 amide bonds. The van der Waals surface area contributed by atoms with Crippen molar-refractivity contribution in [2.24, 2.45) is 0 Å². The zero-order valence-electron chi connectivity index (χ0n) is 9.04. The minimum Gasteiger partial charge on any atom is -0.261 e. The molecule has 86 valence electrons. The van der Waals surface area contributed by atoms with Gasteiger partial charge in [0.15, 0.2) is 0 Å². The SMILES string of the molecule is c1cnc(-c2nnc(-c3cnccn3)nn2)cn1. The van der Waals surface area contributed by atoms with Crippen molar-refractivity contribution in [2.45, 2.75) is 0 Å². The molecule has 3 heterocycles. The lowest BCUT2D eigenvalue weighted by Gasteiger charge is -1.98. The van der Waals surface area contributed by atoms with Gasteiger partial charge in [0.25, 0.3) is 0 Å². The Kier molecular flexibility index (Phi) is 2.59. The Morgan fingerprint density at radius 2 is 1.00 bits per heavy atom. The van der Waals surface area contributed by atoms with Gasteiger partial charge in [-0.3, -0.25) is 9.97 Å². The molecule has 8 nitrogen and oxygen atoms in total. The van der Waals surface area contributed by atoms with Crippen LogP contribution in [0.4, 0.5) is 0 Å². The molecule has 0 aliphatic carbocycles. The highest BCUT2D eigenvalue weighted by molar-refractivity contribution is 5.48. The molecule has 0 saturated heterocycles. The highest BCUT2D eigenvalue weighted by Gasteiger charge is 2.07. The lowest BCUT2D eigenvalue weighted by molar-refractivity contribution is 0.861. The van der Waals surface area contributed by atoms with Gasteiger partial charge < -0.3 is 0 Å². The summed E-state index contributed by atoms with van der Waals surface area (Å²) in [4.78, 5) is 16.0. The van der Waals surface area contributed by atoms with Gasteiger partial charge in [-0.1, -0.05) is 0 Å². The predicted molar refractivity (Wildman–Crippen MR) is 59.7 cm³/mol. The third-order valence-electron chi connectivity index (χ3n) is 2.06. The molecule has 0 N–H and O–H groups in total. The Balaban J connectivity index is 1.95. The van der Waals surface area contributed by atoms with Crippen LogP contribution < -0.4 is 0 Å². The zero-order chi connectivity index (χ0) is 12.2. The average molecular weight is 238 g/mol. The molecule has 0 saturated carbocycles. The largest absolute Gasteiger partial charge is 0.261 e. The Bertz CT molecular complexity index is 567. The van der Waals surface area contributed by atoms with E-state index in [-0.39, 0.29) is 0 Å². The summed E-state index contributed by atoms with van der Waals surface area (Å²) in [5, 5.41) is 15.7. The van der Waals surface area contributed by atoms with E-state index in [2.05, 4.69) is 40.3 Å². The van der Waals surface area contributed by atoms with Crippen molar-refractivity contribution in [3.8, 4) is 23.0 Å². The summed E-state index contributed by atoms with van der Waals surface area (Å²) in [7, 11) is 0. The van der Waals surface area contributed by atoms with Crippen LogP contribution in [0, 0.1) is 0 Å². The molecule has 0 aliphatic heterocycles. The number of hydrogen-bond donors (Lipinski definition) is 0. The van der Waals surface area contributed by atoms with Gasteiger partial charge in [-0.05, 0) is 0 Å². The molecule has 18 heavy (non-hydrogen) atoms. The standard InChI is InChI=1S/C10H6N8/c1-3-13-7(5-11-1)9-15-17-10(18-16-9)8-6-12-2-4-14-8/h1-6H. The van der Waals surface area contributed by atoms with Crippen LogP contribution in [0.3, 0.4) is 0 Å². The first kappa shape index (κ1) is 10.3. The smallest absolute Gasteiger partial charge is 0.223 e. The molecule has 0 unspecified atom stereocenters. The monoisotopic (exact) mass is 238 g/mol. The van der Waals surface area contributed by atoms with E-state index >= 15 is 0 Å². The third kappa shape index (κ3) is 1.98. The van der Waals surface area contributed by atoms with Gasteiger partial charge in [0.1, 0.15) is 11.4 Å². The number of aromatic nitrogens is 8. The van der Waals surface area contributed by atoms with Crippen LogP contribution in [-0.4, -0.2) is 40.3 Å². The number of hydrogen-bond acceptors (Lipinski definition) is 8. The van der Waals surface area contributed by atoms with Crippen LogP contribution in [0.15, 0.2) is 37.2 Å². The summed E-state index contributed by atoms with van der Waals surface area (Å²) in [6.07, 6.45) is 9.32. The van der Waals surface area contributed by atoms with Crippen molar-refractivity contribution in [1.29, 1.82) is 0 Å². The lowest BCUT2D eigenvalue weighted by atomic mass is 10.4.